The average molecular weight is 391 g/mol. The van der Waals surface area contributed by atoms with Gasteiger partial charge in [-0.25, -0.2) is 17.9 Å². The number of carbonyl (C=O) groups is 1. The second-order valence-corrected chi connectivity index (χ2v) is 10.2. The summed E-state index contributed by atoms with van der Waals surface area (Å²) < 4.78 is 33.2. The molecule has 0 aromatic heterocycles. The van der Waals surface area contributed by atoms with Crippen LogP contribution in [0.4, 0.5) is 4.79 Å². The van der Waals surface area contributed by atoms with Crippen LogP contribution >= 0.6 is 0 Å². The minimum atomic E-state index is -3.66. The molecule has 1 N–H and O–H groups in total. The molecule has 1 heterocycles. The van der Waals surface area contributed by atoms with Gasteiger partial charge in [-0.05, 0) is 63.6 Å². The molecule has 1 spiro atoms. The van der Waals surface area contributed by atoms with Crippen LogP contribution in [0.1, 0.15) is 45.6 Å². The van der Waals surface area contributed by atoms with Crippen LogP contribution in [0.25, 0.3) is 0 Å². The quantitative estimate of drug-likeness (QED) is 0.854. The minimum absolute atomic E-state index is 0.0292. The molecule has 3 rings (SSSR count). The number of amides is 1. The van der Waals surface area contributed by atoms with E-state index >= 15 is 0 Å². The number of likely N-dealkylation sites (tertiary alicyclic amines) is 1. The van der Waals surface area contributed by atoms with Gasteiger partial charge in [0.1, 0.15) is 5.60 Å². The Morgan fingerprint density at radius 2 is 2.07 bits per heavy atom. The Hall–Kier alpha value is -2.11. The molecule has 0 bridgehead atoms. The number of sulfonamides is 1. The highest BCUT2D eigenvalue weighted by Gasteiger charge is 2.50. The van der Waals surface area contributed by atoms with Crippen molar-refractivity contribution in [3.05, 3.63) is 29.8 Å². The molecule has 7 nitrogen and oxygen atoms in total. The highest BCUT2D eigenvalue weighted by atomic mass is 32.2. The monoisotopic (exact) mass is 391 g/mol. The summed E-state index contributed by atoms with van der Waals surface area (Å²) >= 11 is 0. The Balaban J connectivity index is 1.57. The first-order valence-electron chi connectivity index (χ1n) is 9.02. The van der Waals surface area contributed by atoms with Crippen molar-refractivity contribution >= 4 is 16.1 Å². The molecule has 8 heteroatoms. The summed E-state index contributed by atoms with van der Waals surface area (Å²) in [5.74, 6) is 0. The van der Waals surface area contributed by atoms with E-state index in [2.05, 4.69) is 4.72 Å². The summed E-state index contributed by atoms with van der Waals surface area (Å²) in [5.41, 5.74) is -0.243. The fourth-order valence-corrected chi connectivity index (χ4v) is 5.12. The van der Waals surface area contributed by atoms with E-state index < -0.39 is 15.6 Å². The molecule has 1 aliphatic heterocycles. The van der Waals surface area contributed by atoms with Gasteiger partial charge in [0.2, 0.25) is 10.0 Å². The lowest BCUT2D eigenvalue weighted by molar-refractivity contribution is 0.0226. The highest BCUT2D eigenvalue weighted by molar-refractivity contribution is 7.89. The van der Waals surface area contributed by atoms with E-state index in [1.54, 1.807) is 17.0 Å². The van der Waals surface area contributed by atoms with Crippen LogP contribution in [-0.2, 0) is 14.8 Å². The second-order valence-electron chi connectivity index (χ2n) is 8.52. The number of benzene rings is 1. The van der Waals surface area contributed by atoms with Crippen LogP contribution in [0.2, 0.25) is 0 Å². The number of nitrogens with zero attached hydrogens (tertiary/aromatic N) is 2. The van der Waals surface area contributed by atoms with Crippen LogP contribution in [0.15, 0.2) is 29.2 Å². The highest BCUT2D eigenvalue weighted by Crippen LogP contribution is 2.48. The topological polar surface area (TPSA) is 99.5 Å². The molecule has 2 fully saturated rings. The Bertz CT molecular complexity index is 877. The summed E-state index contributed by atoms with van der Waals surface area (Å²) in [4.78, 5) is 14.0. The third-order valence-electron chi connectivity index (χ3n) is 5.04. The number of nitrogens with one attached hydrogen (secondary N) is 1. The van der Waals surface area contributed by atoms with Crippen molar-refractivity contribution in [3.63, 3.8) is 0 Å². The Labute approximate surface area is 160 Å². The van der Waals surface area contributed by atoms with E-state index in [0.717, 1.165) is 6.42 Å². The normalized spacial score (nSPS) is 25.1. The fourth-order valence-electron chi connectivity index (χ4n) is 3.84. The molecule has 1 saturated heterocycles. The third kappa shape index (κ3) is 4.42. The van der Waals surface area contributed by atoms with Gasteiger partial charge in [-0.3, -0.25) is 0 Å². The molecule has 0 unspecified atom stereocenters. The number of rotatable bonds is 3. The zero-order chi connectivity index (χ0) is 19.9. The van der Waals surface area contributed by atoms with Crippen molar-refractivity contribution in [2.75, 3.05) is 13.1 Å². The zero-order valence-corrected chi connectivity index (χ0v) is 16.7. The van der Waals surface area contributed by atoms with E-state index in [1.165, 1.54) is 12.1 Å². The molecular weight excluding hydrogens is 366 g/mol. The number of carbonyl (C=O) groups excluding carboxylic acids is 1. The first-order valence-corrected chi connectivity index (χ1v) is 10.5. The molecule has 146 valence electrons. The van der Waals surface area contributed by atoms with Crippen LogP contribution < -0.4 is 4.72 Å². The largest absolute Gasteiger partial charge is 0.444 e. The number of nitriles is 1. The first-order chi connectivity index (χ1) is 12.5. The minimum Gasteiger partial charge on any atom is -0.444 e. The molecule has 1 aromatic carbocycles. The standard InChI is InChI=1S/C19H25N3O4S/c1-18(2,3)26-17(23)22-8-7-19(13-22)10-15(11-19)21-27(24,25)16-6-4-5-14(9-16)12-20/h4-6,9,15,21H,7-8,10-11,13H2,1-3H3. The number of ether oxygens (including phenoxy) is 1. The van der Waals surface area contributed by atoms with Crippen molar-refractivity contribution in [1.82, 2.24) is 9.62 Å². The van der Waals surface area contributed by atoms with Crippen molar-refractivity contribution in [2.45, 2.75) is 56.6 Å². The van der Waals surface area contributed by atoms with Gasteiger partial charge >= 0.3 is 6.09 Å². The molecule has 1 saturated carbocycles. The molecule has 1 aliphatic carbocycles. The van der Waals surface area contributed by atoms with Gasteiger partial charge in [-0.1, -0.05) is 6.07 Å². The van der Waals surface area contributed by atoms with E-state index in [9.17, 15) is 13.2 Å². The van der Waals surface area contributed by atoms with Gasteiger partial charge in [0.05, 0.1) is 16.5 Å². The predicted molar refractivity (Wildman–Crippen MR) is 99.4 cm³/mol. The lowest BCUT2D eigenvalue weighted by Crippen LogP contribution is -2.52. The van der Waals surface area contributed by atoms with Crippen LogP contribution in [0.3, 0.4) is 0 Å². The molecule has 2 aliphatic rings. The van der Waals surface area contributed by atoms with E-state index in [1.807, 2.05) is 26.8 Å². The van der Waals surface area contributed by atoms with Crippen LogP contribution in [0.5, 0.6) is 0 Å². The van der Waals surface area contributed by atoms with E-state index in [-0.39, 0.29) is 22.4 Å². The van der Waals surface area contributed by atoms with E-state index in [4.69, 9.17) is 10.00 Å². The second kappa shape index (κ2) is 6.80. The lowest BCUT2D eigenvalue weighted by atomic mass is 9.65. The van der Waals surface area contributed by atoms with E-state index in [0.29, 0.717) is 31.5 Å². The SMILES string of the molecule is CC(C)(C)OC(=O)N1CCC2(CC(NS(=O)(=O)c3cccc(C#N)c3)C2)C1. The molecule has 0 radical (unpaired) electrons. The van der Waals surface area contributed by atoms with Crippen LogP contribution in [-0.4, -0.2) is 44.1 Å². The van der Waals surface area contributed by atoms with Gasteiger partial charge < -0.3 is 9.64 Å². The number of hydrogen-bond donors (Lipinski definition) is 1. The van der Waals surface area contributed by atoms with Gasteiger partial charge in [0.15, 0.2) is 0 Å². The summed E-state index contributed by atoms with van der Waals surface area (Å²) in [7, 11) is -3.66. The molecule has 0 atom stereocenters. The van der Waals surface area contributed by atoms with Crippen LogP contribution in [0, 0.1) is 16.7 Å². The molecule has 1 aromatic rings. The van der Waals surface area contributed by atoms with Gasteiger partial charge in [-0.2, -0.15) is 5.26 Å². The van der Waals surface area contributed by atoms with Gasteiger partial charge in [-0.15, -0.1) is 0 Å². The zero-order valence-electron chi connectivity index (χ0n) is 15.9. The Morgan fingerprint density at radius 3 is 2.70 bits per heavy atom. The number of hydrogen-bond acceptors (Lipinski definition) is 5. The lowest BCUT2D eigenvalue weighted by Gasteiger charge is -2.45. The molecule has 1 amide bonds. The maximum Gasteiger partial charge on any atom is 0.410 e. The maximum absolute atomic E-state index is 12.5. The average Bonchev–Trinajstić information content (AvgIpc) is 2.98. The maximum atomic E-state index is 12.5. The first kappa shape index (κ1) is 19.6. The van der Waals surface area contributed by atoms with Gasteiger partial charge in [0.25, 0.3) is 0 Å². The summed E-state index contributed by atoms with van der Waals surface area (Å²) in [5, 5.41) is 8.94. The molecular formula is C19H25N3O4S. The summed E-state index contributed by atoms with van der Waals surface area (Å²) in [6.07, 6.45) is 1.94. The van der Waals surface area contributed by atoms with Crippen molar-refractivity contribution in [3.8, 4) is 6.07 Å². The smallest absolute Gasteiger partial charge is 0.410 e. The third-order valence-corrected chi connectivity index (χ3v) is 6.56. The molecule has 27 heavy (non-hydrogen) atoms. The summed E-state index contributed by atoms with van der Waals surface area (Å²) in [6, 6.07) is 7.78. The van der Waals surface area contributed by atoms with Gasteiger partial charge in [0, 0.05) is 19.1 Å². The fraction of sp³-hybridized carbons (Fsp3) is 0.579. The van der Waals surface area contributed by atoms with Crippen molar-refractivity contribution < 1.29 is 17.9 Å². The Kier molecular flexibility index (Phi) is 4.95. The van der Waals surface area contributed by atoms with Crippen molar-refractivity contribution in [1.29, 1.82) is 5.26 Å². The Morgan fingerprint density at radius 1 is 1.37 bits per heavy atom. The van der Waals surface area contributed by atoms with Crippen molar-refractivity contribution in [2.24, 2.45) is 5.41 Å². The predicted octanol–water partition coefficient (Wildman–Crippen LogP) is 2.63. The summed E-state index contributed by atoms with van der Waals surface area (Å²) in [6.45, 7) is 6.76.